The van der Waals surface area contributed by atoms with Crippen molar-refractivity contribution in [3.05, 3.63) is 0 Å². The molecule has 0 aromatic rings. The molecule has 0 unspecified atom stereocenters. The maximum atomic E-state index is 11.3. The molecule has 0 aliphatic carbocycles. The van der Waals surface area contributed by atoms with Crippen LogP contribution in [0.5, 0.6) is 0 Å². The first kappa shape index (κ1) is 14.9. The second kappa shape index (κ2) is 7.31. The van der Waals surface area contributed by atoms with Crippen molar-refractivity contribution < 1.29 is 8.42 Å². The molecule has 0 aromatic heterocycles. The Bertz CT molecular complexity index is 298. The van der Waals surface area contributed by atoms with Gasteiger partial charge in [0.2, 0.25) is 10.0 Å². The average Bonchev–Trinajstić information content (AvgIpc) is 2.28. The first-order chi connectivity index (χ1) is 8.04. The van der Waals surface area contributed by atoms with Crippen LogP contribution < -0.4 is 5.32 Å². The largest absolute Gasteiger partial charge is 0.315 e. The molecule has 1 saturated heterocycles. The maximum absolute atomic E-state index is 11.3. The van der Waals surface area contributed by atoms with Crippen LogP contribution in [0.1, 0.15) is 19.8 Å². The third kappa shape index (κ3) is 5.81. The summed E-state index contributed by atoms with van der Waals surface area (Å²) in [6.45, 7) is 8.25. The van der Waals surface area contributed by atoms with Gasteiger partial charge < -0.3 is 5.32 Å². The molecule has 1 aliphatic rings. The van der Waals surface area contributed by atoms with Crippen molar-refractivity contribution in [1.82, 2.24) is 14.5 Å². The Labute approximate surface area is 105 Å². The fourth-order valence-corrected chi connectivity index (χ4v) is 2.78. The van der Waals surface area contributed by atoms with E-state index in [9.17, 15) is 8.42 Å². The predicted octanol–water partition coefficient (Wildman–Crippen LogP) is -0.0467. The van der Waals surface area contributed by atoms with Gasteiger partial charge in [-0.15, -0.1) is 0 Å². The lowest BCUT2D eigenvalue weighted by Gasteiger charge is -2.33. The Hall–Kier alpha value is -0.170. The molecule has 0 atom stereocenters. The van der Waals surface area contributed by atoms with Gasteiger partial charge in [-0.1, -0.05) is 13.3 Å². The molecular weight excluding hydrogens is 238 g/mol. The van der Waals surface area contributed by atoms with E-state index in [1.165, 1.54) is 19.1 Å². The van der Waals surface area contributed by atoms with E-state index in [2.05, 4.69) is 17.1 Å². The van der Waals surface area contributed by atoms with E-state index in [0.29, 0.717) is 13.1 Å². The van der Waals surface area contributed by atoms with Gasteiger partial charge in [-0.3, -0.25) is 4.90 Å². The quantitative estimate of drug-likeness (QED) is 0.655. The van der Waals surface area contributed by atoms with E-state index in [1.54, 1.807) is 4.31 Å². The Morgan fingerprint density at radius 2 is 1.76 bits per heavy atom. The predicted molar refractivity (Wildman–Crippen MR) is 70.6 cm³/mol. The fraction of sp³-hybridized carbons (Fsp3) is 1.00. The van der Waals surface area contributed by atoms with E-state index in [0.717, 1.165) is 32.7 Å². The number of piperazine rings is 1. The first-order valence-electron chi connectivity index (χ1n) is 6.42. The highest BCUT2D eigenvalue weighted by atomic mass is 32.2. The van der Waals surface area contributed by atoms with Gasteiger partial charge in [0.15, 0.2) is 0 Å². The van der Waals surface area contributed by atoms with Crippen LogP contribution in [-0.4, -0.2) is 69.7 Å². The number of unbranched alkanes of at least 4 members (excludes halogenated alkanes) is 1. The normalized spacial score (nSPS) is 19.6. The SMILES string of the molecule is CCCCNCCN1CCN(S(C)(=O)=O)CC1. The van der Waals surface area contributed by atoms with E-state index in [1.807, 2.05) is 0 Å². The molecule has 1 N–H and O–H groups in total. The van der Waals surface area contributed by atoms with E-state index in [4.69, 9.17) is 0 Å². The number of hydrogen-bond acceptors (Lipinski definition) is 4. The molecule has 0 aromatic carbocycles. The van der Waals surface area contributed by atoms with Crippen LogP contribution in [0.15, 0.2) is 0 Å². The zero-order chi connectivity index (χ0) is 12.7. The van der Waals surface area contributed by atoms with Crippen LogP contribution in [0.25, 0.3) is 0 Å². The molecular formula is C11H25N3O2S. The van der Waals surface area contributed by atoms with Crippen molar-refractivity contribution in [2.45, 2.75) is 19.8 Å². The van der Waals surface area contributed by atoms with Crippen molar-refractivity contribution in [2.24, 2.45) is 0 Å². The summed E-state index contributed by atoms with van der Waals surface area (Å²) < 4.78 is 24.2. The smallest absolute Gasteiger partial charge is 0.211 e. The Balaban J connectivity index is 2.11. The van der Waals surface area contributed by atoms with Gasteiger partial charge in [0.25, 0.3) is 0 Å². The van der Waals surface area contributed by atoms with E-state index in [-0.39, 0.29) is 0 Å². The third-order valence-electron chi connectivity index (χ3n) is 3.11. The molecule has 6 heteroatoms. The molecule has 17 heavy (non-hydrogen) atoms. The number of sulfonamides is 1. The molecule has 0 spiro atoms. The molecule has 1 fully saturated rings. The third-order valence-corrected chi connectivity index (χ3v) is 4.42. The highest BCUT2D eigenvalue weighted by Gasteiger charge is 2.22. The summed E-state index contributed by atoms with van der Waals surface area (Å²) >= 11 is 0. The summed E-state index contributed by atoms with van der Waals surface area (Å²) in [4.78, 5) is 2.32. The summed E-state index contributed by atoms with van der Waals surface area (Å²) in [6, 6.07) is 0. The van der Waals surface area contributed by atoms with Crippen molar-refractivity contribution in [2.75, 3.05) is 52.1 Å². The number of nitrogens with one attached hydrogen (secondary N) is 1. The van der Waals surface area contributed by atoms with Crippen molar-refractivity contribution >= 4 is 10.0 Å². The van der Waals surface area contributed by atoms with Crippen LogP contribution in [-0.2, 0) is 10.0 Å². The second-order valence-corrected chi connectivity index (χ2v) is 6.59. The Morgan fingerprint density at radius 1 is 1.12 bits per heavy atom. The fourth-order valence-electron chi connectivity index (χ4n) is 1.95. The minimum absolute atomic E-state index is 0.633. The summed E-state index contributed by atoms with van der Waals surface area (Å²) in [5.74, 6) is 0. The molecule has 1 rings (SSSR count). The highest BCUT2D eigenvalue weighted by molar-refractivity contribution is 7.88. The molecule has 1 heterocycles. The number of hydrogen-bond donors (Lipinski definition) is 1. The Kier molecular flexibility index (Phi) is 6.40. The van der Waals surface area contributed by atoms with E-state index < -0.39 is 10.0 Å². The van der Waals surface area contributed by atoms with Gasteiger partial charge in [-0.05, 0) is 13.0 Å². The summed E-state index contributed by atoms with van der Waals surface area (Å²) in [5, 5.41) is 3.40. The summed E-state index contributed by atoms with van der Waals surface area (Å²) in [5.41, 5.74) is 0. The zero-order valence-corrected chi connectivity index (χ0v) is 11.8. The lowest BCUT2D eigenvalue weighted by Crippen LogP contribution is -2.49. The summed E-state index contributed by atoms with van der Waals surface area (Å²) in [7, 11) is -2.99. The molecule has 0 radical (unpaired) electrons. The topological polar surface area (TPSA) is 52.6 Å². The standard InChI is InChI=1S/C11H25N3O2S/c1-3-4-5-12-6-7-13-8-10-14(11-9-13)17(2,15)16/h12H,3-11H2,1-2H3. The second-order valence-electron chi connectivity index (χ2n) is 4.61. The van der Waals surface area contributed by atoms with E-state index >= 15 is 0 Å². The first-order valence-corrected chi connectivity index (χ1v) is 8.27. The van der Waals surface area contributed by atoms with Crippen molar-refractivity contribution in [1.29, 1.82) is 0 Å². The van der Waals surface area contributed by atoms with Gasteiger partial charge in [0, 0.05) is 39.3 Å². The van der Waals surface area contributed by atoms with Crippen LogP contribution in [0.3, 0.4) is 0 Å². The minimum Gasteiger partial charge on any atom is -0.315 e. The number of nitrogens with zero attached hydrogens (tertiary/aromatic N) is 2. The molecule has 5 nitrogen and oxygen atoms in total. The maximum Gasteiger partial charge on any atom is 0.211 e. The van der Waals surface area contributed by atoms with Gasteiger partial charge in [0.05, 0.1) is 6.26 Å². The molecule has 0 amide bonds. The monoisotopic (exact) mass is 263 g/mol. The van der Waals surface area contributed by atoms with Crippen LogP contribution in [0, 0.1) is 0 Å². The van der Waals surface area contributed by atoms with Crippen LogP contribution in [0.4, 0.5) is 0 Å². The van der Waals surface area contributed by atoms with Crippen molar-refractivity contribution in [3.8, 4) is 0 Å². The van der Waals surface area contributed by atoms with Gasteiger partial charge in [-0.25, -0.2) is 8.42 Å². The highest BCUT2D eigenvalue weighted by Crippen LogP contribution is 2.04. The molecule has 102 valence electrons. The lowest BCUT2D eigenvalue weighted by atomic mass is 10.3. The lowest BCUT2D eigenvalue weighted by molar-refractivity contribution is 0.189. The van der Waals surface area contributed by atoms with Gasteiger partial charge >= 0.3 is 0 Å². The minimum atomic E-state index is -2.99. The average molecular weight is 263 g/mol. The zero-order valence-electron chi connectivity index (χ0n) is 11.0. The molecule has 0 bridgehead atoms. The van der Waals surface area contributed by atoms with Crippen molar-refractivity contribution in [3.63, 3.8) is 0 Å². The van der Waals surface area contributed by atoms with Crippen LogP contribution >= 0.6 is 0 Å². The Morgan fingerprint density at radius 3 is 2.29 bits per heavy atom. The molecule has 0 saturated carbocycles. The van der Waals surface area contributed by atoms with Gasteiger partial charge in [-0.2, -0.15) is 4.31 Å². The number of rotatable bonds is 7. The van der Waals surface area contributed by atoms with Crippen LogP contribution in [0.2, 0.25) is 0 Å². The molecule has 1 aliphatic heterocycles. The van der Waals surface area contributed by atoms with Gasteiger partial charge in [0.1, 0.15) is 0 Å². The summed E-state index contributed by atoms with van der Waals surface area (Å²) in [6.07, 6.45) is 3.73.